The van der Waals surface area contributed by atoms with Gasteiger partial charge >= 0.3 is 0 Å². The molecule has 3 rings (SSSR count). The molecule has 0 saturated carbocycles. The number of rotatable bonds is 4. The molecule has 2 heterocycles. The lowest BCUT2D eigenvalue weighted by atomic mass is 10.1. The molecule has 23 heavy (non-hydrogen) atoms. The van der Waals surface area contributed by atoms with E-state index in [2.05, 4.69) is 11.5 Å². The van der Waals surface area contributed by atoms with Crippen LogP contribution < -0.4 is 4.74 Å². The molecule has 1 atom stereocenters. The summed E-state index contributed by atoms with van der Waals surface area (Å²) in [4.78, 5) is 17.6. The third-order valence-corrected chi connectivity index (χ3v) is 4.68. The van der Waals surface area contributed by atoms with E-state index in [1.165, 1.54) is 19.4 Å². The maximum Gasteiger partial charge on any atom is 0.257 e. The summed E-state index contributed by atoms with van der Waals surface area (Å²) in [5.41, 5.74) is 1.61. The van der Waals surface area contributed by atoms with Gasteiger partial charge in [-0.2, -0.15) is 0 Å². The standard InChI is InChI=1S/C19H26N2O2/c1-15(2)14-23-18-9-4-3-8-17(18)19(22)21-12-6-11-20-10-5-7-16(20)13-21/h3-4,8-9,16H,1,5-7,10-14H2,2H3/t16-/m0/s1. The average Bonchev–Trinajstić information content (AvgIpc) is 2.89. The van der Waals surface area contributed by atoms with Crippen molar-refractivity contribution in [3.05, 3.63) is 42.0 Å². The topological polar surface area (TPSA) is 32.8 Å². The highest BCUT2D eigenvalue weighted by Gasteiger charge is 2.31. The van der Waals surface area contributed by atoms with Crippen molar-refractivity contribution in [3.8, 4) is 5.75 Å². The molecule has 0 radical (unpaired) electrons. The highest BCUT2D eigenvalue weighted by atomic mass is 16.5. The molecule has 2 saturated heterocycles. The first-order valence-electron chi connectivity index (χ1n) is 8.54. The van der Waals surface area contributed by atoms with Crippen LogP contribution >= 0.6 is 0 Å². The first kappa shape index (κ1) is 16.1. The Labute approximate surface area is 138 Å². The largest absolute Gasteiger partial charge is 0.488 e. The van der Waals surface area contributed by atoms with Gasteiger partial charge in [-0.15, -0.1) is 0 Å². The van der Waals surface area contributed by atoms with Crippen LogP contribution in [0.1, 0.15) is 36.5 Å². The van der Waals surface area contributed by atoms with Crippen LogP contribution in [0.5, 0.6) is 5.75 Å². The van der Waals surface area contributed by atoms with Gasteiger partial charge in [0.15, 0.2) is 0 Å². The summed E-state index contributed by atoms with van der Waals surface area (Å²) < 4.78 is 5.77. The molecule has 124 valence electrons. The van der Waals surface area contributed by atoms with Crippen LogP contribution in [0.4, 0.5) is 0 Å². The van der Waals surface area contributed by atoms with Crippen molar-refractivity contribution >= 4 is 5.91 Å². The van der Waals surface area contributed by atoms with E-state index in [1.807, 2.05) is 36.1 Å². The minimum atomic E-state index is 0.0936. The van der Waals surface area contributed by atoms with E-state index >= 15 is 0 Å². The normalized spacial score (nSPS) is 21.6. The van der Waals surface area contributed by atoms with Gasteiger partial charge in [0.05, 0.1) is 5.56 Å². The molecular weight excluding hydrogens is 288 g/mol. The molecule has 1 aromatic rings. The van der Waals surface area contributed by atoms with Crippen molar-refractivity contribution in [2.24, 2.45) is 0 Å². The first-order valence-corrected chi connectivity index (χ1v) is 8.54. The van der Waals surface area contributed by atoms with Gasteiger partial charge in [0.1, 0.15) is 12.4 Å². The van der Waals surface area contributed by atoms with Crippen molar-refractivity contribution in [1.29, 1.82) is 0 Å². The van der Waals surface area contributed by atoms with E-state index in [0.29, 0.717) is 24.0 Å². The Hall–Kier alpha value is -1.81. The van der Waals surface area contributed by atoms with E-state index in [4.69, 9.17) is 4.74 Å². The number of fused-ring (bicyclic) bond motifs is 1. The maximum absolute atomic E-state index is 13.0. The van der Waals surface area contributed by atoms with Crippen molar-refractivity contribution < 1.29 is 9.53 Å². The zero-order valence-electron chi connectivity index (χ0n) is 14.0. The number of hydrogen-bond donors (Lipinski definition) is 0. The maximum atomic E-state index is 13.0. The van der Waals surface area contributed by atoms with Crippen molar-refractivity contribution in [1.82, 2.24) is 9.80 Å². The van der Waals surface area contributed by atoms with Crippen LogP contribution in [-0.4, -0.2) is 54.5 Å². The third-order valence-electron chi connectivity index (χ3n) is 4.68. The number of hydrogen-bond acceptors (Lipinski definition) is 3. The summed E-state index contributed by atoms with van der Waals surface area (Å²) in [5.74, 6) is 0.754. The van der Waals surface area contributed by atoms with E-state index in [1.54, 1.807) is 0 Å². The SMILES string of the molecule is C=C(C)COc1ccccc1C(=O)N1CCCN2CCC[C@H]2C1. The molecule has 2 aliphatic heterocycles. The van der Waals surface area contributed by atoms with Crippen LogP contribution in [0.25, 0.3) is 0 Å². The first-order chi connectivity index (χ1) is 11.1. The van der Waals surface area contributed by atoms with Crippen molar-refractivity contribution in [2.75, 3.05) is 32.8 Å². The van der Waals surface area contributed by atoms with Crippen LogP contribution in [0.15, 0.2) is 36.4 Å². The van der Waals surface area contributed by atoms with E-state index in [0.717, 1.165) is 31.6 Å². The number of carbonyl (C=O) groups is 1. The fourth-order valence-corrected chi connectivity index (χ4v) is 3.53. The predicted octanol–water partition coefficient (Wildman–Crippen LogP) is 2.95. The molecular formula is C19H26N2O2. The van der Waals surface area contributed by atoms with Crippen LogP contribution in [0, 0.1) is 0 Å². The minimum Gasteiger partial charge on any atom is -0.488 e. The molecule has 0 spiro atoms. The van der Waals surface area contributed by atoms with Gasteiger partial charge in [-0.1, -0.05) is 18.7 Å². The van der Waals surface area contributed by atoms with Crippen molar-refractivity contribution in [2.45, 2.75) is 32.2 Å². The molecule has 0 aliphatic carbocycles. The second kappa shape index (κ2) is 7.18. The molecule has 4 nitrogen and oxygen atoms in total. The zero-order valence-corrected chi connectivity index (χ0v) is 14.0. The molecule has 0 aromatic heterocycles. The fourth-order valence-electron chi connectivity index (χ4n) is 3.53. The van der Waals surface area contributed by atoms with Gasteiger partial charge in [0.2, 0.25) is 0 Å². The molecule has 1 aromatic carbocycles. The Kier molecular flexibility index (Phi) is 5.01. The number of carbonyl (C=O) groups excluding carboxylic acids is 1. The van der Waals surface area contributed by atoms with E-state index in [9.17, 15) is 4.79 Å². The summed E-state index contributed by atoms with van der Waals surface area (Å²) in [6.45, 7) is 10.2. The van der Waals surface area contributed by atoms with Gasteiger partial charge in [-0.25, -0.2) is 0 Å². The Morgan fingerprint density at radius 3 is 2.87 bits per heavy atom. The van der Waals surface area contributed by atoms with Gasteiger partial charge in [-0.05, 0) is 50.4 Å². The number of ether oxygens (including phenoxy) is 1. The van der Waals surface area contributed by atoms with E-state index in [-0.39, 0.29) is 5.91 Å². The highest BCUT2D eigenvalue weighted by Crippen LogP contribution is 2.25. The van der Waals surface area contributed by atoms with Crippen LogP contribution in [0.2, 0.25) is 0 Å². The van der Waals surface area contributed by atoms with Crippen LogP contribution in [0.3, 0.4) is 0 Å². The Morgan fingerprint density at radius 2 is 2.04 bits per heavy atom. The zero-order chi connectivity index (χ0) is 16.2. The lowest BCUT2D eigenvalue weighted by molar-refractivity contribution is 0.0739. The molecule has 0 unspecified atom stereocenters. The monoisotopic (exact) mass is 314 g/mol. The van der Waals surface area contributed by atoms with Gasteiger partial charge in [0.25, 0.3) is 5.91 Å². The molecule has 0 bridgehead atoms. The fraction of sp³-hybridized carbons (Fsp3) is 0.526. The van der Waals surface area contributed by atoms with Gasteiger partial charge in [0, 0.05) is 25.7 Å². The number of nitrogens with zero attached hydrogens (tertiary/aromatic N) is 2. The van der Waals surface area contributed by atoms with E-state index < -0.39 is 0 Å². The molecule has 0 N–H and O–H groups in total. The lowest BCUT2D eigenvalue weighted by Gasteiger charge is -2.26. The quantitative estimate of drug-likeness (QED) is 0.801. The van der Waals surface area contributed by atoms with Crippen molar-refractivity contribution in [3.63, 3.8) is 0 Å². The molecule has 2 fully saturated rings. The summed E-state index contributed by atoms with van der Waals surface area (Å²) in [7, 11) is 0. The number of para-hydroxylation sites is 1. The Bertz CT molecular complexity index is 584. The molecule has 1 amide bonds. The Balaban J connectivity index is 1.75. The summed E-state index contributed by atoms with van der Waals surface area (Å²) in [6, 6.07) is 8.08. The summed E-state index contributed by atoms with van der Waals surface area (Å²) in [6.07, 6.45) is 3.51. The van der Waals surface area contributed by atoms with Gasteiger partial charge < -0.3 is 9.64 Å². The van der Waals surface area contributed by atoms with Crippen LogP contribution in [-0.2, 0) is 0 Å². The summed E-state index contributed by atoms with van der Waals surface area (Å²) in [5, 5.41) is 0. The third kappa shape index (κ3) is 3.75. The average molecular weight is 314 g/mol. The molecule has 2 aliphatic rings. The smallest absolute Gasteiger partial charge is 0.257 e. The molecule has 4 heteroatoms. The number of amides is 1. The second-order valence-electron chi connectivity index (χ2n) is 6.68. The predicted molar refractivity (Wildman–Crippen MR) is 91.9 cm³/mol. The van der Waals surface area contributed by atoms with Gasteiger partial charge in [-0.3, -0.25) is 9.69 Å². The Morgan fingerprint density at radius 1 is 1.26 bits per heavy atom. The summed E-state index contributed by atoms with van der Waals surface area (Å²) >= 11 is 0. The minimum absolute atomic E-state index is 0.0936. The highest BCUT2D eigenvalue weighted by molar-refractivity contribution is 5.97. The number of benzene rings is 1. The second-order valence-corrected chi connectivity index (χ2v) is 6.68. The lowest BCUT2D eigenvalue weighted by Crippen LogP contribution is -2.39.